The highest BCUT2D eigenvalue weighted by Crippen LogP contribution is 2.23. The standard InChI is InChI=1S/C13H20N2O4S/c1-10-8-11(6-7-12(10)19-5)20(17,18)15(4)9-13(16)14(2)3/h6-8H,9H2,1-5H3. The van der Waals surface area contributed by atoms with Gasteiger partial charge in [0.15, 0.2) is 0 Å². The van der Waals surface area contributed by atoms with Crippen molar-refractivity contribution in [3.8, 4) is 5.75 Å². The molecule has 0 N–H and O–H groups in total. The van der Waals surface area contributed by atoms with Crippen LogP contribution in [0.1, 0.15) is 5.56 Å². The van der Waals surface area contributed by atoms with Gasteiger partial charge in [-0.1, -0.05) is 0 Å². The first-order valence-electron chi connectivity index (χ1n) is 6.01. The van der Waals surface area contributed by atoms with Crippen molar-refractivity contribution in [2.45, 2.75) is 11.8 Å². The number of nitrogens with zero attached hydrogens (tertiary/aromatic N) is 2. The Morgan fingerprint density at radius 2 is 1.85 bits per heavy atom. The number of benzene rings is 1. The predicted octanol–water partition coefficient (Wildman–Crippen LogP) is 0.712. The lowest BCUT2D eigenvalue weighted by atomic mass is 10.2. The normalized spacial score (nSPS) is 11.5. The van der Waals surface area contributed by atoms with Crippen molar-refractivity contribution < 1.29 is 17.9 Å². The van der Waals surface area contributed by atoms with Crippen molar-refractivity contribution in [1.29, 1.82) is 0 Å². The number of methoxy groups -OCH3 is 1. The lowest BCUT2D eigenvalue weighted by molar-refractivity contribution is -0.128. The maximum absolute atomic E-state index is 12.4. The number of hydrogen-bond donors (Lipinski definition) is 0. The molecule has 0 aromatic heterocycles. The summed E-state index contributed by atoms with van der Waals surface area (Å²) in [5.74, 6) is 0.345. The summed E-state index contributed by atoms with van der Waals surface area (Å²) in [6.45, 7) is 1.57. The Bertz CT molecular complexity index is 596. The quantitative estimate of drug-likeness (QED) is 0.803. The molecule has 0 unspecified atom stereocenters. The zero-order valence-electron chi connectivity index (χ0n) is 12.4. The molecule has 0 heterocycles. The van der Waals surface area contributed by atoms with Gasteiger partial charge in [0.1, 0.15) is 5.75 Å². The second kappa shape index (κ2) is 6.23. The van der Waals surface area contributed by atoms with Crippen LogP contribution in [0.3, 0.4) is 0 Å². The van der Waals surface area contributed by atoms with E-state index in [9.17, 15) is 13.2 Å². The van der Waals surface area contributed by atoms with E-state index >= 15 is 0 Å². The number of carbonyl (C=O) groups excluding carboxylic acids is 1. The van der Waals surface area contributed by atoms with Gasteiger partial charge >= 0.3 is 0 Å². The molecule has 0 aliphatic rings. The Balaban J connectivity index is 3.04. The zero-order chi connectivity index (χ0) is 15.5. The van der Waals surface area contributed by atoms with E-state index in [1.54, 1.807) is 27.1 Å². The van der Waals surface area contributed by atoms with Crippen LogP contribution in [0.15, 0.2) is 23.1 Å². The molecule has 1 aromatic carbocycles. The summed E-state index contributed by atoms with van der Waals surface area (Å²) < 4.78 is 30.9. The molecule has 6 nitrogen and oxygen atoms in total. The van der Waals surface area contributed by atoms with E-state index in [1.807, 2.05) is 0 Å². The minimum atomic E-state index is -3.68. The van der Waals surface area contributed by atoms with Gasteiger partial charge in [-0.05, 0) is 30.7 Å². The summed E-state index contributed by atoms with van der Waals surface area (Å²) in [6.07, 6.45) is 0. The summed E-state index contributed by atoms with van der Waals surface area (Å²) in [6, 6.07) is 4.60. The predicted molar refractivity (Wildman–Crippen MR) is 76.2 cm³/mol. The van der Waals surface area contributed by atoms with Crippen LogP contribution in [0, 0.1) is 6.92 Å². The van der Waals surface area contributed by atoms with E-state index in [0.29, 0.717) is 5.75 Å². The van der Waals surface area contributed by atoms with Gasteiger partial charge in [-0.15, -0.1) is 0 Å². The maximum Gasteiger partial charge on any atom is 0.243 e. The van der Waals surface area contributed by atoms with Crippen molar-refractivity contribution in [2.75, 3.05) is 34.8 Å². The van der Waals surface area contributed by atoms with Crippen LogP contribution >= 0.6 is 0 Å². The number of hydrogen-bond acceptors (Lipinski definition) is 4. The van der Waals surface area contributed by atoms with Gasteiger partial charge in [-0.25, -0.2) is 8.42 Å². The Morgan fingerprint density at radius 1 is 1.25 bits per heavy atom. The molecule has 0 aliphatic heterocycles. The average Bonchev–Trinajstić information content (AvgIpc) is 2.38. The largest absolute Gasteiger partial charge is 0.496 e. The maximum atomic E-state index is 12.4. The molecule has 7 heteroatoms. The van der Waals surface area contributed by atoms with Crippen LogP contribution in [0.2, 0.25) is 0 Å². The third-order valence-corrected chi connectivity index (χ3v) is 4.73. The third-order valence-electron chi connectivity index (χ3n) is 2.93. The molecule has 0 saturated heterocycles. The molecular weight excluding hydrogens is 280 g/mol. The number of ether oxygens (including phenoxy) is 1. The summed E-state index contributed by atoms with van der Waals surface area (Å²) in [7, 11) is 2.39. The average molecular weight is 300 g/mol. The fourth-order valence-electron chi connectivity index (χ4n) is 1.61. The Kier molecular flexibility index (Phi) is 5.13. The van der Waals surface area contributed by atoms with Crippen LogP contribution in [-0.4, -0.2) is 58.3 Å². The molecule has 0 fully saturated rings. The van der Waals surface area contributed by atoms with Gasteiger partial charge in [0.25, 0.3) is 0 Å². The first-order chi connectivity index (χ1) is 9.20. The fraction of sp³-hybridized carbons (Fsp3) is 0.462. The molecule has 0 bridgehead atoms. The Hall–Kier alpha value is -1.60. The van der Waals surface area contributed by atoms with Gasteiger partial charge < -0.3 is 9.64 Å². The van der Waals surface area contributed by atoms with Gasteiger partial charge in [0.05, 0.1) is 18.6 Å². The number of rotatable bonds is 5. The highest BCUT2D eigenvalue weighted by atomic mass is 32.2. The summed E-state index contributed by atoms with van der Waals surface area (Å²) >= 11 is 0. The summed E-state index contributed by atoms with van der Waals surface area (Å²) in [5.41, 5.74) is 0.723. The van der Waals surface area contributed by atoms with Crippen molar-refractivity contribution in [3.63, 3.8) is 0 Å². The molecule has 0 aliphatic carbocycles. The van der Waals surface area contributed by atoms with E-state index in [-0.39, 0.29) is 17.3 Å². The van der Waals surface area contributed by atoms with E-state index in [0.717, 1.165) is 9.87 Å². The smallest absolute Gasteiger partial charge is 0.243 e. The molecule has 0 radical (unpaired) electrons. The lowest BCUT2D eigenvalue weighted by Crippen LogP contribution is -2.37. The van der Waals surface area contributed by atoms with E-state index in [1.165, 1.54) is 31.2 Å². The van der Waals surface area contributed by atoms with Gasteiger partial charge in [0.2, 0.25) is 15.9 Å². The molecule has 1 aromatic rings. The number of amides is 1. The molecule has 112 valence electrons. The summed E-state index contributed by atoms with van der Waals surface area (Å²) in [4.78, 5) is 13.1. The van der Waals surface area contributed by atoms with Crippen LogP contribution in [0.4, 0.5) is 0 Å². The highest BCUT2D eigenvalue weighted by molar-refractivity contribution is 7.89. The first kappa shape index (κ1) is 16.5. The van der Waals surface area contributed by atoms with Crippen LogP contribution in [0.25, 0.3) is 0 Å². The highest BCUT2D eigenvalue weighted by Gasteiger charge is 2.24. The number of aryl methyl sites for hydroxylation is 1. The van der Waals surface area contributed by atoms with E-state index in [2.05, 4.69) is 0 Å². The zero-order valence-corrected chi connectivity index (χ0v) is 13.2. The Morgan fingerprint density at radius 3 is 2.30 bits per heavy atom. The SMILES string of the molecule is COc1ccc(S(=O)(=O)N(C)CC(=O)N(C)C)cc1C. The molecule has 20 heavy (non-hydrogen) atoms. The molecule has 0 spiro atoms. The van der Waals surface area contributed by atoms with Gasteiger partial charge in [-0.3, -0.25) is 4.79 Å². The van der Waals surface area contributed by atoms with Gasteiger partial charge in [-0.2, -0.15) is 4.31 Å². The number of carbonyl (C=O) groups is 1. The molecule has 0 atom stereocenters. The van der Waals surface area contributed by atoms with Crippen molar-refractivity contribution in [3.05, 3.63) is 23.8 Å². The van der Waals surface area contributed by atoms with Crippen LogP contribution in [0.5, 0.6) is 5.75 Å². The number of likely N-dealkylation sites (N-methyl/N-ethyl adjacent to an activating group) is 2. The first-order valence-corrected chi connectivity index (χ1v) is 7.45. The van der Waals surface area contributed by atoms with Crippen molar-refractivity contribution in [1.82, 2.24) is 9.21 Å². The van der Waals surface area contributed by atoms with Crippen LogP contribution in [-0.2, 0) is 14.8 Å². The fourth-order valence-corrected chi connectivity index (χ4v) is 2.81. The molecular formula is C13H20N2O4S. The third kappa shape index (κ3) is 3.49. The van der Waals surface area contributed by atoms with E-state index in [4.69, 9.17) is 4.74 Å². The molecule has 1 amide bonds. The second-order valence-electron chi connectivity index (χ2n) is 4.68. The monoisotopic (exact) mass is 300 g/mol. The number of sulfonamides is 1. The minimum Gasteiger partial charge on any atom is -0.496 e. The van der Waals surface area contributed by atoms with Crippen molar-refractivity contribution in [2.24, 2.45) is 0 Å². The van der Waals surface area contributed by atoms with Crippen molar-refractivity contribution >= 4 is 15.9 Å². The van der Waals surface area contributed by atoms with Crippen LogP contribution < -0.4 is 4.74 Å². The minimum absolute atomic E-state index is 0.143. The topological polar surface area (TPSA) is 66.9 Å². The summed E-state index contributed by atoms with van der Waals surface area (Å²) in [5, 5.41) is 0. The lowest BCUT2D eigenvalue weighted by Gasteiger charge is -2.19. The van der Waals surface area contributed by atoms with E-state index < -0.39 is 10.0 Å². The second-order valence-corrected chi connectivity index (χ2v) is 6.73. The molecule has 1 rings (SSSR count). The Labute approximate surface area is 120 Å². The van der Waals surface area contributed by atoms with Gasteiger partial charge in [0, 0.05) is 21.1 Å². The molecule has 0 saturated carbocycles.